The van der Waals surface area contributed by atoms with Crippen molar-refractivity contribution in [1.82, 2.24) is 40.4 Å². The fraction of sp³-hybridized carbons (Fsp3) is 0.318. The van der Waals surface area contributed by atoms with Crippen molar-refractivity contribution in [3.63, 3.8) is 0 Å². The highest BCUT2D eigenvalue weighted by Gasteiger charge is 2.49. The molecule has 1 aliphatic heterocycles. The van der Waals surface area contributed by atoms with E-state index in [0.29, 0.717) is 47.0 Å². The molecule has 0 radical (unpaired) electrons. The van der Waals surface area contributed by atoms with E-state index < -0.39 is 24.0 Å². The minimum atomic E-state index is -0.936. The van der Waals surface area contributed by atoms with Crippen LogP contribution in [0, 0.1) is 11.7 Å². The lowest BCUT2D eigenvalue weighted by Crippen LogP contribution is -2.45. The average Bonchev–Trinajstić information content (AvgIpc) is 4.09. The molecule has 4 amide bonds. The van der Waals surface area contributed by atoms with Crippen molar-refractivity contribution in [2.24, 2.45) is 5.92 Å². The van der Waals surface area contributed by atoms with Gasteiger partial charge in [0.05, 0.1) is 49.7 Å². The summed E-state index contributed by atoms with van der Waals surface area (Å²) in [5.74, 6) is 0.511. The molecule has 2 fully saturated rings. The number of aromatic nitrogens is 4. The van der Waals surface area contributed by atoms with Gasteiger partial charge in [0.25, 0.3) is 0 Å². The SMILES string of the molecule is CCCN(Cc1nc2ccc3cc(-c4ccc(-c5cnc([C@@H]6[C@H]7CC[C@H](C7)N6C(=O)CNC(=O)OC)[nH]5)c(F)c4)ccc3c2[nH]1)C(=O)[C@H](NC(=O)OC)c1ccccc1. The molecule has 3 heterocycles. The lowest BCUT2D eigenvalue weighted by atomic mass is 9.98. The molecule has 304 valence electrons. The van der Waals surface area contributed by atoms with Crippen molar-refractivity contribution in [3.05, 3.63) is 108 Å². The summed E-state index contributed by atoms with van der Waals surface area (Å²) in [5.41, 5.74) is 4.59. The zero-order valence-corrected chi connectivity index (χ0v) is 33.0. The quantitative estimate of drug-likeness (QED) is 0.101. The van der Waals surface area contributed by atoms with Crippen molar-refractivity contribution >= 4 is 45.8 Å². The van der Waals surface area contributed by atoms with E-state index in [2.05, 4.69) is 30.3 Å². The first-order valence-corrected chi connectivity index (χ1v) is 19.7. The molecule has 1 saturated heterocycles. The third-order valence-electron chi connectivity index (χ3n) is 11.4. The van der Waals surface area contributed by atoms with Crippen molar-refractivity contribution in [1.29, 1.82) is 0 Å². The Hall–Kier alpha value is -6.77. The zero-order chi connectivity index (χ0) is 41.2. The molecule has 14 nitrogen and oxygen atoms in total. The van der Waals surface area contributed by atoms with Crippen LogP contribution in [0.1, 0.15) is 61.9 Å². The van der Waals surface area contributed by atoms with Crippen LogP contribution >= 0.6 is 0 Å². The Balaban J connectivity index is 1.00. The minimum absolute atomic E-state index is 0.0677. The number of likely N-dealkylation sites (tertiary alicyclic amines) is 1. The minimum Gasteiger partial charge on any atom is -0.453 e. The van der Waals surface area contributed by atoms with Crippen LogP contribution in [-0.2, 0) is 25.6 Å². The maximum atomic E-state index is 15.9. The van der Waals surface area contributed by atoms with E-state index in [1.54, 1.807) is 34.2 Å². The number of carbonyl (C=O) groups is 4. The van der Waals surface area contributed by atoms with Crippen LogP contribution in [0.3, 0.4) is 0 Å². The van der Waals surface area contributed by atoms with Gasteiger partial charge >= 0.3 is 12.2 Å². The van der Waals surface area contributed by atoms with Crippen LogP contribution in [0.15, 0.2) is 85.1 Å². The van der Waals surface area contributed by atoms with E-state index in [1.807, 2.05) is 61.5 Å². The summed E-state index contributed by atoms with van der Waals surface area (Å²) >= 11 is 0. The van der Waals surface area contributed by atoms with Gasteiger partial charge in [0.2, 0.25) is 11.8 Å². The summed E-state index contributed by atoms with van der Waals surface area (Å²) < 4.78 is 25.3. The number of rotatable bonds is 12. The number of nitrogens with one attached hydrogen (secondary N) is 4. The number of piperidine rings is 1. The van der Waals surface area contributed by atoms with Crippen LogP contribution in [-0.4, -0.2) is 87.1 Å². The maximum absolute atomic E-state index is 15.9. The molecule has 0 spiro atoms. The van der Waals surface area contributed by atoms with Crippen LogP contribution in [0.4, 0.5) is 14.0 Å². The Kier molecular flexibility index (Phi) is 11.0. The summed E-state index contributed by atoms with van der Waals surface area (Å²) in [6.45, 7) is 2.45. The number of alkyl carbamates (subject to hydrolysis) is 2. The highest BCUT2D eigenvalue weighted by atomic mass is 19.1. The van der Waals surface area contributed by atoms with E-state index >= 15 is 4.39 Å². The number of carbonyl (C=O) groups excluding carboxylic acids is 4. The summed E-state index contributed by atoms with van der Waals surface area (Å²) in [6, 6.07) is 22.8. The van der Waals surface area contributed by atoms with Crippen LogP contribution in [0.2, 0.25) is 0 Å². The lowest BCUT2D eigenvalue weighted by Gasteiger charge is -2.34. The van der Waals surface area contributed by atoms with Gasteiger partial charge in [-0.15, -0.1) is 0 Å². The molecule has 2 aliphatic rings. The van der Waals surface area contributed by atoms with Gasteiger partial charge in [-0.3, -0.25) is 9.59 Å². The highest BCUT2D eigenvalue weighted by molar-refractivity contribution is 6.05. The number of aromatic amines is 2. The number of fused-ring (bicyclic) bond motifs is 5. The number of amides is 4. The first-order valence-electron chi connectivity index (χ1n) is 19.7. The number of H-pyrrole nitrogens is 2. The van der Waals surface area contributed by atoms with E-state index in [0.717, 1.165) is 46.6 Å². The number of nitrogens with zero attached hydrogens (tertiary/aromatic N) is 4. The van der Waals surface area contributed by atoms with Gasteiger partial charge in [0, 0.05) is 23.5 Å². The number of hydrogen-bond donors (Lipinski definition) is 4. The van der Waals surface area contributed by atoms with Gasteiger partial charge in [-0.25, -0.2) is 23.9 Å². The Labute approximate surface area is 339 Å². The lowest BCUT2D eigenvalue weighted by molar-refractivity contribution is -0.135. The van der Waals surface area contributed by atoms with Gasteiger partial charge < -0.3 is 39.9 Å². The number of benzene rings is 4. The number of imidazole rings is 2. The molecular formula is C44H45FN8O6. The van der Waals surface area contributed by atoms with Crippen molar-refractivity contribution < 1.29 is 33.0 Å². The maximum Gasteiger partial charge on any atom is 0.407 e. The Bertz CT molecular complexity index is 2540. The van der Waals surface area contributed by atoms with Crippen LogP contribution in [0.25, 0.3) is 44.2 Å². The molecule has 0 unspecified atom stereocenters. The van der Waals surface area contributed by atoms with Crippen molar-refractivity contribution in [2.45, 2.75) is 57.3 Å². The van der Waals surface area contributed by atoms with E-state index in [9.17, 15) is 19.2 Å². The van der Waals surface area contributed by atoms with Crippen molar-refractivity contribution in [3.8, 4) is 22.4 Å². The Morgan fingerprint density at radius 2 is 1.73 bits per heavy atom. The summed E-state index contributed by atoms with van der Waals surface area (Å²) in [5, 5.41) is 7.01. The monoisotopic (exact) mass is 800 g/mol. The number of ether oxygens (including phenoxy) is 2. The average molecular weight is 801 g/mol. The first-order chi connectivity index (χ1) is 28.6. The predicted octanol–water partition coefficient (Wildman–Crippen LogP) is 7.16. The second-order valence-corrected chi connectivity index (χ2v) is 15.0. The molecule has 1 saturated carbocycles. The Morgan fingerprint density at radius 3 is 2.49 bits per heavy atom. The van der Waals surface area contributed by atoms with Crippen molar-refractivity contribution in [2.75, 3.05) is 27.3 Å². The summed E-state index contributed by atoms with van der Waals surface area (Å²) in [4.78, 5) is 70.6. The second kappa shape index (κ2) is 16.6. The van der Waals surface area contributed by atoms with E-state index in [4.69, 9.17) is 9.72 Å². The molecule has 2 aromatic heterocycles. The molecule has 4 N–H and O–H groups in total. The molecule has 2 bridgehead atoms. The van der Waals surface area contributed by atoms with Gasteiger partial charge in [0.1, 0.15) is 30.1 Å². The fourth-order valence-electron chi connectivity index (χ4n) is 8.67. The molecule has 1 aliphatic carbocycles. The summed E-state index contributed by atoms with van der Waals surface area (Å²) in [7, 11) is 2.51. The number of methoxy groups -OCH3 is 2. The van der Waals surface area contributed by atoms with Crippen LogP contribution in [0.5, 0.6) is 0 Å². The predicted molar refractivity (Wildman–Crippen MR) is 218 cm³/mol. The van der Waals surface area contributed by atoms with Gasteiger partial charge in [-0.1, -0.05) is 61.5 Å². The largest absolute Gasteiger partial charge is 0.453 e. The summed E-state index contributed by atoms with van der Waals surface area (Å²) in [6.07, 6.45) is 3.65. The first kappa shape index (κ1) is 39.1. The molecule has 4 aromatic carbocycles. The molecular weight excluding hydrogens is 756 g/mol. The molecule has 15 heteroatoms. The number of hydrogen-bond acceptors (Lipinski definition) is 8. The Morgan fingerprint density at radius 1 is 0.949 bits per heavy atom. The zero-order valence-electron chi connectivity index (χ0n) is 33.0. The molecule has 4 atom stereocenters. The third-order valence-corrected chi connectivity index (χ3v) is 11.4. The van der Waals surface area contributed by atoms with E-state index in [1.165, 1.54) is 20.3 Å². The van der Waals surface area contributed by atoms with E-state index in [-0.39, 0.29) is 42.9 Å². The van der Waals surface area contributed by atoms with Gasteiger partial charge in [-0.2, -0.15) is 0 Å². The number of halogens is 1. The third kappa shape index (κ3) is 7.79. The smallest absolute Gasteiger partial charge is 0.407 e. The second-order valence-electron chi connectivity index (χ2n) is 15.0. The fourth-order valence-corrected chi connectivity index (χ4v) is 8.67. The topological polar surface area (TPSA) is 175 Å². The van der Waals surface area contributed by atoms with Gasteiger partial charge in [-0.05, 0) is 77.9 Å². The van der Waals surface area contributed by atoms with Crippen LogP contribution < -0.4 is 10.6 Å². The molecule has 8 rings (SSSR count). The normalized spacial score (nSPS) is 17.6. The van der Waals surface area contributed by atoms with Gasteiger partial charge in [0.15, 0.2) is 0 Å². The molecule has 59 heavy (non-hydrogen) atoms. The molecule has 6 aromatic rings. The standard InChI is InChI=1S/C44H45FN8O6/c1-4-18-52(42(55)38(51-44(57)59-3)25-8-6-5-7-9-25)24-36-48-34-17-13-28-19-26(11-15-31(28)39(34)50-36)27-12-16-32(33(45)21-27)35-22-46-41(49-35)40-29-10-14-30(20-29)53(40)37(54)23-47-43(56)58-2/h5-9,11-13,15-17,19,21-22,29-30,38,40H,4,10,14,18,20,23-24H2,1-3H3,(H,46,49)(H,47,56)(H,48,50)(H,51,57)/t29-,30+,38+,40-/m0/s1. The highest BCUT2D eigenvalue weighted by Crippen LogP contribution is 2.49.